The highest BCUT2D eigenvalue weighted by Crippen LogP contribution is 2.38. The van der Waals surface area contributed by atoms with Crippen LogP contribution in [0.25, 0.3) is 21.9 Å². The van der Waals surface area contributed by atoms with Gasteiger partial charge in [0.15, 0.2) is 0 Å². The number of fused-ring (bicyclic) bond motifs is 6. The van der Waals surface area contributed by atoms with Gasteiger partial charge in [0.2, 0.25) is 11.8 Å². The first-order valence-electron chi connectivity index (χ1n) is 13.3. The number of benzene rings is 1. The van der Waals surface area contributed by atoms with E-state index in [1.165, 1.54) is 0 Å². The molecule has 3 saturated heterocycles. The topological polar surface area (TPSA) is 84.0 Å². The van der Waals surface area contributed by atoms with Crippen LogP contribution < -0.4 is 5.63 Å². The minimum Gasteiger partial charge on any atom is -0.461 e. The molecule has 190 valence electrons. The summed E-state index contributed by atoms with van der Waals surface area (Å²) in [6, 6.07) is 2.33. The third-order valence-corrected chi connectivity index (χ3v) is 9.07. The summed E-state index contributed by atoms with van der Waals surface area (Å²) in [4.78, 5) is 42.8. The van der Waals surface area contributed by atoms with Gasteiger partial charge in [0.1, 0.15) is 16.9 Å². The van der Waals surface area contributed by atoms with Crippen molar-refractivity contribution in [3.63, 3.8) is 0 Å². The van der Waals surface area contributed by atoms with E-state index in [1.807, 2.05) is 32.6 Å². The van der Waals surface area contributed by atoms with Crippen molar-refractivity contribution in [3.05, 3.63) is 44.5 Å². The molecule has 1 aromatic carbocycles. The largest absolute Gasteiger partial charge is 0.461 e. The first kappa shape index (κ1) is 23.3. The average molecular weight is 491 g/mol. The first-order valence-corrected chi connectivity index (χ1v) is 13.3. The highest BCUT2D eigenvalue weighted by atomic mass is 16.4. The second-order valence-electron chi connectivity index (χ2n) is 11.2. The molecular weight excluding hydrogens is 456 g/mol. The maximum absolute atomic E-state index is 13.3. The second-order valence-corrected chi connectivity index (χ2v) is 11.2. The fourth-order valence-electron chi connectivity index (χ4n) is 6.99. The van der Waals surface area contributed by atoms with Crippen molar-refractivity contribution in [3.8, 4) is 0 Å². The smallest absolute Gasteiger partial charge is 0.339 e. The van der Waals surface area contributed by atoms with Crippen LogP contribution in [0.2, 0.25) is 0 Å². The van der Waals surface area contributed by atoms with Crippen LogP contribution in [0.15, 0.2) is 19.7 Å². The summed E-state index contributed by atoms with van der Waals surface area (Å²) in [5.74, 6) is 1.96. The summed E-state index contributed by atoms with van der Waals surface area (Å²) in [6.45, 7) is 10.0. The first-order chi connectivity index (χ1) is 17.2. The molecular formula is C29H34N2O5. The lowest BCUT2D eigenvalue weighted by Gasteiger charge is -2.52. The molecule has 2 aromatic heterocycles. The predicted octanol–water partition coefficient (Wildman–Crippen LogP) is 4.56. The van der Waals surface area contributed by atoms with Gasteiger partial charge in [-0.15, -0.1) is 0 Å². The zero-order chi connectivity index (χ0) is 25.3. The number of hydrogen-bond acceptors (Lipinski definition) is 5. The monoisotopic (exact) mass is 490 g/mol. The molecule has 0 unspecified atom stereocenters. The van der Waals surface area contributed by atoms with E-state index < -0.39 is 0 Å². The van der Waals surface area contributed by atoms with Gasteiger partial charge in [-0.3, -0.25) is 9.59 Å². The number of amides is 2. The Bertz CT molecular complexity index is 1460. The summed E-state index contributed by atoms with van der Waals surface area (Å²) in [7, 11) is 0. The van der Waals surface area contributed by atoms with Crippen molar-refractivity contribution in [2.45, 2.75) is 72.3 Å². The lowest BCUT2D eigenvalue weighted by molar-refractivity contribution is -0.148. The molecule has 5 heterocycles. The fourth-order valence-corrected chi connectivity index (χ4v) is 6.99. The van der Waals surface area contributed by atoms with E-state index >= 15 is 0 Å². The van der Waals surface area contributed by atoms with Gasteiger partial charge in [-0.2, -0.15) is 0 Å². The molecule has 0 aliphatic carbocycles. The minimum absolute atomic E-state index is 0.0899. The van der Waals surface area contributed by atoms with Crippen LogP contribution in [0.5, 0.6) is 0 Å². The van der Waals surface area contributed by atoms with Gasteiger partial charge in [0, 0.05) is 60.4 Å². The van der Waals surface area contributed by atoms with Crippen molar-refractivity contribution in [2.75, 3.05) is 19.6 Å². The number of carbonyl (C=O) groups is 2. The molecule has 3 atom stereocenters. The van der Waals surface area contributed by atoms with E-state index in [0.29, 0.717) is 48.9 Å². The SMILES string of the molecule is Cc1oc2c(C)c3oc(=O)c(CCC(=O)N4C[C@H]5C[C@@H](C4)[C@H]4CCCC(=O)N4C5)c(C)c3cc2c1C. The zero-order valence-corrected chi connectivity index (χ0v) is 21.6. The van der Waals surface area contributed by atoms with Crippen molar-refractivity contribution in [2.24, 2.45) is 11.8 Å². The van der Waals surface area contributed by atoms with E-state index in [2.05, 4.69) is 11.0 Å². The van der Waals surface area contributed by atoms with Crippen molar-refractivity contribution < 1.29 is 18.4 Å². The quantitative estimate of drug-likeness (QED) is 0.503. The normalized spacial score (nSPS) is 24.0. The molecule has 7 heteroatoms. The summed E-state index contributed by atoms with van der Waals surface area (Å²) >= 11 is 0. The van der Waals surface area contributed by atoms with Gasteiger partial charge in [-0.1, -0.05) is 0 Å². The van der Waals surface area contributed by atoms with Crippen molar-refractivity contribution in [1.29, 1.82) is 0 Å². The minimum atomic E-state index is -0.373. The Morgan fingerprint density at radius 3 is 2.53 bits per heavy atom. The lowest BCUT2D eigenvalue weighted by Crippen LogP contribution is -2.61. The highest BCUT2D eigenvalue weighted by Gasteiger charge is 2.44. The Morgan fingerprint density at radius 1 is 0.972 bits per heavy atom. The molecule has 0 spiro atoms. The molecule has 3 aliphatic heterocycles. The standard InChI is InChI=1S/C29H34N2O5/c1-15-18(4)35-27-17(3)28-23(11-22(15)27)16(2)21(29(34)36-28)8-9-25(32)30-12-19-10-20(14-30)24-6-5-7-26(33)31(24)13-19/h11,19-20,24H,5-10,12-14H2,1-4H3/t19-,20+,24-/m1/s1. The van der Waals surface area contributed by atoms with Gasteiger partial charge >= 0.3 is 5.63 Å². The molecule has 7 nitrogen and oxygen atoms in total. The highest BCUT2D eigenvalue weighted by molar-refractivity contribution is 6.00. The molecule has 3 aromatic rings. The van der Waals surface area contributed by atoms with Crippen LogP contribution in [0, 0.1) is 39.5 Å². The molecule has 0 N–H and O–H groups in total. The van der Waals surface area contributed by atoms with E-state index in [4.69, 9.17) is 8.83 Å². The molecule has 0 radical (unpaired) electrons. The maximum Gasteiger partial charge on any atom is 0.339 e. The number of rotatable bonds is 3. The third kappa shape index (κ3) is 3.58. The van der Waals surface area contributed by atoms with Crippen molar-refractivity contribution in [1.82, 2.24) is 9.80 Å². The molecule has 36 heavy (non-hydrogen) atoms. The number of nitrogens with zero attached hydrogens (tertiary/aromatic N) is 2. The summed E-state index contributed by atoms with van der Waals surface area (Å²) in [5.41, 5.74) is 4.32. The molecule has 2 amide bonds. The number of carbonyl (C=O) groups excluding carboxylic acids is 2. The second kappa shape index (κ2) is 8.49. The van der Waals surface area contributed by atoms with E-state index in [-0.39, 0.29) is 29.9 Å². The lowest BCUT2D eigenvalue weighted by atomic mass is 9.76. The van der Waals surface area contributed by atoms with E-state index in [9.17, 15) is 14.4 Å². The van der Waals surface area contributed by atoms with Gasteiger partial charge in [0.25, 0.3) is 0 Å². The molecule has 3 fully saturated rings. The Balaban J connectivity index is 1.23. The van der Waals surface area contributed by atoms with Gasteiger partial charge in [-0.25, -0.2) is 4.79 Å². The molecule has 6 rings (SSSR count). The average Bonchev–Trinajstić information content (AvgIpc) is 3.14. The van der Waals surface area contributed by atoms with Gasteiger partial charge in [-0.05, 0) is 82.4 Å². The summed E-state index contributed by atoms with van der Waals surface area (Å²) in [5, 5.41) is 1.94. The van der Waals surface area contributed by atoms with Crippen LogP contribution in [0.3, 0.4) is 0 Å². The zero-order valence-electron chi connectivity index (χ0n) is 21.6. The number of piperidine rings is 3. The van der Waals surface area contributed by atoms with Crippen LogP contribution >= 0.6 is 0 Å². The number of likely N-dealkylation sites (tertiary alicyclic amines) is 1. The maximum atomic E-state index is 13.3. The van der Waals surface area contributed by atoms with Crippen LogP contribution in [0.4, 0.5) is 0 Å². The van der Waals surface area contributed by atoms with E-state index in [1.54, 1.807) is 0 Å². The Labute approximate surface area is 210 Å². The molecule has 3 aliphatic rings. The Kier molecular flexibility index (Phi) is 5.50. The molecule has 2 bridgehead atoms. The summed E-state index contributed by atoms with van der Waals surface area (Å²) < 4.78 is 11.7. The third-order valence-electron chi connectivity index (χ3n) is 9.07. The number of aryl methyl sites for hydroxylation is 4. The van der Waals surface area contributed by atoms with Crippen LogP contribution in [-0.2, 0) is 16.0 Å². The fraction of sp³-hybridized carbons (Fsp3) is 0.552. The number of furan rings is 1. The molecule has 0 saturated carbocycles. The van der Waals surface area contributed by atoms with Crippen molar-refractivity contribution >= 4 is 33.8 Å². The van der Waals surface area contributed by atoms with Gasteiger partial charge in [0.05, 0.1) is 0 Å². The number of hydrogen-bond donors (Lipinski definition) is 0. The predicted molar refractivity (Wildman–Crippen MR) is 137 cm³/mol. The Hall–Kier alpha value is -3.09. The van der Waals surface area contributed by atoms with Crippen LogP contribution in [0.1, 0.15) is 60.1 Å². The van der Waals surface area contributed by atoms with Gasteiger partial charge < -0.3 is 18.6 Å². The Morgan fingerprint density at radius 2 is 1.72 bits per heavy atom. The van der Waals surface area contributed by atoms with E-state index in [0.717, 1.165) is 64.6 Å². The van der Waals surface area contributed by atoms with Crippen LogP contribution in [-0.4, -0.2) is 47.3 Å². The summed E-state index contributed by atoms with van der Waals surface area (Å²) in [6.07, 6.45) is 4.42.